The van der Waals surface area contributed by atoms with Gasteiger partial charge in [-0.3, -0.25) is 14.4 Å². The predicted octanol–water partition coefficient (Wildman–Crippen LogP) is 7.07. The Balaban J connectivity index is 2.59. The summed E-state index contributed by atoms with van der Waals surface area (Å²) in [6.07, 6.45) is 0.622. The molecule has 0 radical (unpaired) electrons. The lowest BCUT2D eigenvalue weighted by atomic mass is 9.83. The highest BCUT2D eigenvalue weighted by molar-refractivity contribution is 5.70. The van der Waals surface area contributed by atoms with E-state index in [9.17, 15) is 24.6 Å². The van der Waals surface area contributed by atoms with Gasteiger partial charge in [0.25, 0.3) is 0 Å². The van der Waals surface area contributed by atoms with Gasteiger partial charge in [-0.1, -0.05) is 61.5 Å². The minimum atomic E-state index is -1.02. The molecule has 0 bridgehead atoms. The van der Waals surface area contributed by atoms with Gasteiger partial charge in [-0.05, 0) is 52.5 Å². The number of carbonyl (C=O) groups is 1. The number of aryl methyl sites for hydroxylation is 1. The number of esters is 1. The summed E-state index contributed by atoms with van der Waals surface area (Å²) in [7, 11) is 0. The van der Waals surface area contributed by atoms with Crippen molar-refractivity contribution in [1.82, 2.24) is 0 Å². The Morgan fingerprint density at radius 1 is 0.800 bits per heavy atom. The maximum absolute atomic E-state index is 13.4. The van der Waals surface area contributed by atoms with Crippen LogP contribution < -0.4 is 10.9 Å². The lowest BCUT2D eigenvalue weighted by molar-refractivity contribution is -0.156. The smallest absolute Gasteiger partial charge is 0.306 e. The van der Waals surface area contributed by atoms with E-state index in [1.54, 1.807) is 34.6 Å². The van der Waals surface area contributed by atoms with Gasteiger partial charge in [0.05, 0.1) is 18.1 Å². The number of aliphatic hydroxyl groups excluding tert-OH is 2. The predicted molar refractivity (Wildman–Crippen MR) is 178 cm³/mol. The van der Waals surface area contributed by atoms with Crippen molar-refractivity contribution in [3.63, 3.8) is 0 Å². The van der Waals surface area contributed by atoms with Crippen molar-refractivity contribution in [3.05, 3.63) is 77.4 Å². The van der Waals surface area contributed by atoms with Crippen LogP contribution in [-0.2, 0) is 16.0 Å². The zero-order chi connectivity index (χ0) is 34.5. The zero-order valence-corrected chi connectivity index (χ0v) is 29.7. The van der Waals surface area contributed by atoms with Crippen molar-refractivity contribution in [2.75, 3.05) is 0 Å². The van der Waals surface area contributed by atoms with Crippen LogP contribution in [0.25, 0.3) is 0 Å². The second-order valence-corrected chi connectivity index (χ2v) is 13.3. The summed E-state index contributed by atoms with van der Waals surface area (Å²) < 4.78 is 18.6. The highest BCUT2D eigenvalue weighted by Gasteiger charge is 2.37. The van der Waals surface area contributed by atoms with Crippen molar-refractivity contribution < 1.29 is 28.6 Å². The van der Waals surface area contributed by atoms with Crippen LogP contribution in [0.4, 0.5) is 0 Å². The standard InChI is InChI=1S/C37H56O8/c1-14-28(38)21(7)35-25(11)33(42)26(12)37(45-35)27(13)36(44-30(39)16-18(3)4)23(9)31(40)19(5)17-20(6)34-24(10)32(41)22(8)29(15-2)43-34/h17-18,20-21,23,27-28,31,36,38,40H,14-16H2,1-13H3/b19-17+/t20-,21+,23+,27-,28+,31+,36-/m1/s1. The van der Waals surface area contributed by atoms with E-state index in [2.05, 4.69) is 0 Å². The zero-order valence-electron chi connectivity index (χ0n) is 29.7. The number of hydrogen-bond donors (Lipinski definition) is 2. The van der Waals surface area contributed by atoms with Crippen LogP contribution in [0.1, 0.15) is 138 Å². The van der Waals surface area contributed by atoms with Gasteiger partial charge in [-0.15, -0.1) is 0 Å². The summed E-state index contributed by atoms with van der Waals surface area (Å²) in [4.78, 5) is 39.3. The second-order valence-electron chi connectivity index (χ2n) is 13.3. The number of aliphatic hydroxyl groups is 2. The number of rotatable bonds is 14. The van der Waals surface area contributed by atoms with Crippen LogP contribution in [0, 0.1) is 39.5 Å². The van der Waals surface area contributed by atoms with E-state index in [4.69, 9.17) is 13.6 Å². The molecule has 0 aromatic carbocycles. The Hall–Kier alpha value is -2.97. The number of carbonyl (C=O) groups excluding carboxylic acids is 1. The Kier molecular flexibility index (Phi) is 13.6. The molecule has 0 fully saturated rings. The molecule has 0 aliphatic heterocycles. The third-order valence-electron chi connectivity index (χ3n) is 9.23. The lowest BCUT2D eigenvalue weighted by Gasteiger charge is -2.33. The lowest BCUT2D eigenvalue weighted by Crippen LogP contribution is -2.38. The van der Waals surface area contributed by atoms with E-state index in [1.807, 2.05) is 61.5 Å². The molecule has 2 rings (SSSR count). The van der Waals surface area contributed by atoms with Crippen LogP contribution in [0.5, 0.6) is 0 Å². The van der Waals surface area contributed by atoms with Crippen molar-refractivity contribution in [2.24, 2.45) is 11.8 Å². The van der Waals surface area contributed by atoms with E-state index in [0.29, 0.717) is 63.7 Å². The molecule has 0 saturated carbocycles. The van der Waals surface area contributed by atoms with Gasteiger partial charge >= 0.3 is 5.97 Å². The summed E-state index contributed by atoms with van der Waals surface area (Å²) in [6, 6.07) is 0. The number of allylic oxidation sites excluding steroid dienone is 1. The van der Waals surface area contributed by atoms with Crippen LogP contribution in [-0.4, -0.2) is 34.5 Å². The van der Waals surface area contributed by atoms with Crippen LogP contribution in [0.15, 0.2) is 30.1 Å². The molecule has 0 aliphatic rings. The molecule has 8 nitrogen and oxygen atoms in total. The second kappa shape index (κ2) is 16.0. The van der Waals surface area contributed by atoms with Crippen molar-refractivity contribution in [2.45, 2.75) is 145 Å². The molecule has 0 saturated heterocycles. The highest BCUT2D eigenvalue weighted by atomic mass is 16.5. The Labute approximate surface area is 268 Å². The van der Waals surface area contributed by atoms with Gasteiger partial charge in [-0.2, -0.15) is 0 Å². The average Bonchev–Trinajstić information content (AvgIpc) is 2.99. The van der Waals surface area contributed by atoms with Gasteiger partial charge in [0.15, 0.2) is 10.9 Å². The van der Waals surface area contributed by atoms with Gasteiger partial charge in [-0.25, -0.2) is 0 Å². The van der Waals surface area contributed by atoms with Crippen molar-refractivity contribution in [1.29, 1.82) is 0 Å². The summed E-state index contributed by atoms with van der Waals surface area (Å²) in [6.45, 7) is 23.8. The first-order valence-corrected chi connectivity index (χ1v) is 16.4. The molecular formula is C37H56O8. The third-order valence-corrected chi connectivity index (χ3v) is 9.23. The molecule has 2 N–H and O–H groups in total. The van der Waals surface area contributed by atoms with E-state index >= 15 is 0 Å². The average molecular weight is 629 g/mol. The Morgan fingerprint density at radius 2 is 1.31 bits per heavy atom. The fraction of sp³-hybridized carbons (Fsp3) is 0.649. The monoisotopic (exact) mass is 628 g/mol. The summed E-state index contributed by atoms with van der Waals surface area (Å²) >= 11 is 0. The quantitative estimate of drug-likeness (QED) is 0.168. The molecule has 45 heavy (non-hydrogen) atoms. The first-order chi connectivity index (χ1) is 20.9. The molecule has 0 spiro atoms. The van der Waals surface area contributed by atoms with E-state index < -0.39 is 42.0 Å². The number of hydrogen-bond acceptors (Lipinski definition) is 8. The Morgan fingerprint density at radius 3 is 1.82 bits per heavy atom. The molecule has 2 aromatic heterocycles. The largest absolute Gasteiger partial charge is 0.465 e. The maximum atomic E-state index is 13.4. The third kappa shape index (κ3) is 8.64. The van der Waals surface area contributed by atoms with Crippen LogP contribution in [0.3, 0.4) is 0 Å². The fourth-order valence-electron chi connectivity index (χ4n) is 6.26. The molecule has 252 valence electrons. The SMILES string of the molecule is CCc1oc([C@H](C)/C=C(\C)[C@H](O)[C@H](C)[C@@H](OC(=O)CC(C)C)[C@@H](C)c2oc([C@@H](C)[C@@H](O)CC)c(C)c(=O)c2C)c(C)c(=O)c1C. The topological polar surface area (TPSA) is 127 Å². The number of ether oxygens (including phenoxy) is 1. The maximum Gasteiger partial charge on any atom is 0.306 e. The Bertz CT molecular complexity index is 1480. The molecule has 2 aromatic rings. The molecule has 7 atom stereocenters. The first-order valence-electron chi connectivity index (χ1n) is 16.4. The molecule has 0 unspecified atom stereocenters. The van der Waals surface area contributed by atoms with E-state index in [1.165, 1.54) is 0 Å². The van der Waals surface area contributed by atoms with E-state index in [0.717, 1.165) is 0 Å². The minimum absolute atomic E-state index is 0.0408. The van der Waals surface area contributed by atoms with Crippen LogP contribution >= 0.6 is 0 Å². The highest BCUT2D eigenvalue weighted by Crippen LogP contribution is 2.35. The summed E-state index contributed by atoms with van der Waals surface area (Å²) in [5.41, 5.74) is 2.42. The van der Waals surface area contributed by atoms with Gasteiger partial charge in [0.1, 0.15) is 29.1 Å². The fourth-order valence-corrected chi connectivity index (χ4v) is 6.26. The van der Waals surface area contributed by atoms with E-state index in [-0.39, 0.29) is 29.1 Å². The minimum Gasteiger partial charge on any atom is -0.465 e. The molecular weight excluding hydrogens is 572 g/mol. The van der Waals surface area contributed by atoms with Gasteiger partial charge in [0, 0.05) is 52.8 Å². The summed E-state index contributed by atoms with van der Waals surface area (Å²) in [5.74, 6) is -0.230. The van der Waals surface area contributed by atoms with Crippen LogP contribution in [0.2, 0.25) is 0 Å². The van der Waals surface area contributed by atoms with Gasteiger partial charge < -0.3 is 23.8 Å². The molecule has 0 amide bonds. The molecule has 0 aliphatic carbocycles. The summed E-state index contributed by atoms with van der Waals surface area (Å²) in [5, 5.41) is 22.2. The molecule has 8 heteroatoms. The van der Waals surface area contributed by atoms with Crippen molar-refractivity contribution >= 4 is 5.97 Å². The van der Waals surface area contributed by atoms with Crippen molar-refractivity contribution in [3.8, 4) is 0 Å². The first kappa shape index (κ1) is 38.2. The molecule has 2 heterocycles. The van der Waals surface area contributed by atoms with Gasteiger partial charge in [0.2, 0.25) is 0 Å². The normalized spacial score (nSPS) is 17.0.